The maximum Gasteiger partial charge on any atom is 0.259 e. The predicted molar refractivity (Wildman–Crippen MR) is 95.3 cm³/mol. The van der Waals surface area contributed by atoms with E-state index in [0.29, 0.717) is 27.8 Å². The van der Waals surface area contributed by atoms with Gasteiger partial charge in [0.2, 0.25) is 0 Å². The molecule has 2 aromatic carbocycles. The van der Waals surface area contributed by atoms with Crippen molar-refractivity contribution >= 4 is 23.2 Å². The smallest absolute Gasteiger partial charge is 0.259 e. The molecular weight excluding hydrogens is 342 g/mol. The molecule has 0 atom stereocenters. The van der Waals surface area contributed by atoms with Crippen molar-refractivity contribution in [1.29, 1.82) is 0 Å². The molecule has 1 aromatic heterocycles. The Balaban J connectivity index is 1.62. The Labute approximate surface area is 149 Å². The van der Waals surface area contributed by atoms with Gasteiger partial charge in [-0.2, -0.15) is 5.10 Å². The van der Waals surface area contributed by atoms with Crippen LogP contribution >= 0.6 is 11.6 Å². The summed E-state index contributed by atoms with van der Waals surface area (Å²) in [6, 6.07) is 14.1. The second-order valence-electron chi connectivity index (χ2n) is 5.15. The molecule has 6 nitrogen and oxygen atoms in total. The molecule has 0 bridgehead atoms. The Morgan fingerprint density at radius 2 is 2.08 bits per heavy atom. The number of hydrogen-bond donors (Lipinski definition) is 1. The van der Waals surface area contributed by atoms with Gasteiger partial charge in [0.15, 0.2) is 6.73 Å². The molecule has 25 heavy (non-hydrogen) atoms. The summed E-state index contributed by atoms with van der Waals surface area (Å²) in [6.07, 6.45) is 3.23. The molecule has 128 valence electrons. The monoisotopic (exact) mass is 357 g/mol. The van der Waals surface area contributed by atoms with E-state index in [1.807, 2.05) is 0 Å². The zero-order valence-electron chi connectivity index (χ0n) is 13.5. The lowest BCUT2D eigenvalue weighted by molar-refractivity contribution is 0.102. The molecule has 0 radical (unpaired) electrons. The van der Waals surface area contributed by atoms with Crippen LogP contribution in [0.25, 0.3) is 0 Å². The first-order valence-electron chi connectivity index (χ1n) is 7.51. The molecule has 0 saturated carbocycles. The molecule has 3 rings (SSSR count). The van der Waals surface area contributed by atoms with Crippen LogP contribution in [0.1, 0.15) is 10.4 Å². The Hall–Kier alpha value is -2.99. The summed E-state index contributed by atoms with van der Waals surface area (Å²) >= 11 is 5.91. The third-order valence-corrected chi connectivity index (χ3v) is 3.64. The molecule has 1 N–H and O–H groups in total. The number of nitrogens with one attached hydrogen (secondary N) is 1. The summed E-state index contributed by atoms with van der Waals surface area (Å²) in [4.78, 5) is 12.3. The van der Waals surface area contributed by atoms with Gasteiger partial charge in [-0.05, 0) is 30.3 Å². The SMILES string of the molecule is COc1ccccc1C(=O)Nc1cnn(COc2cccc(Cl)c2)c1. The fraction of sp³-hybridized carbons (Fsp3) is 0.111. The highest BCUT2D eigenvalue weighted by Crippen LogP contribution is 2.20. The fourth-order valence-corrected chi connectivity index (χ4v) is 2.41. The summed E-state index contributed by atoms with van der Waals surface area (Å²) in [5.41, 5.74) is 1.01. The minimum absolute atomic E-state index is 0.199. The molecular formula is C18H16ClN3O3. The first kappa shape index (κ1) is 16.9. The average molecular weight is 358 g/mol. The molecule has 3 aromatic rings. The van der Waals surface area contributed by atoms with Crippen molar-refractivity contribution in [3.8, 4) is 11.5 Å². The topological polar surface area (TPSA) is 65.4 Å². The van der Waals surface area contributed by atoms with Crippen LogP contribution in [0.5, 0.6) is 11.5 Å². The number of aromatic nitrogens is 2. The molecule has 0 aliphatic carbocycles. The van der Waals surface area contributed by atoms with Crippen LogP contribution in [0.4, 0.5) is 5.69 Å². The van der Waals surface area contributed by atoms with E-state index in [4.69, 9.17) is 21.1 Å². The number of amides is 1. The summed E-state index contributed by atoms with van der Waals surface area (Å²) in [6.45, 7) is 0.199. The van der Waals surface area contributed by atoms with Crippen molar-refractivity contribution in [2.75, 3.05) is 12.4 Å². The number of hydrogen-bond acceptors (Lipinski definition) is 4. The van der Waals surface area contributed by atoms with Crippen molar-refractivity contribution in [3.63, 3.8) is 0 Å². The van der Waals surface area contributed by atoms with E-state index in [9.17, 15) is 4.79 Å². The highest BCUT2D eigenvalue weighted by atomic mass is 35.5. The third kappa shape index (κ3) is 4.30. The predicted octanol–water partition coefficient (Wildman–Crippen LogP) is 3.83. The van der Waals surface area contributed by atoms with E-state index in [0.717, 1.165) is 0 Å². The van der Waals surface area contributed by atoms with E-state index < -0.39 is 0 Å². The number of para-hydroxylation sites is 1. The van der Waals surface area contributed by atoms with E-state index >= 15 is 0 Å². The number of ether oxygens (including phenoxy) is 2. The largest absolute Gasteiger partial charge is 0.496 e. The summed E-state index contributed by atoms with van der Waals surface area (Å²) in [7, 11) is 1.53. The van der Waals surface area contributed by atoms with Crippen molar-refractivity contribution in [2.24, 2.45) is 0 Å². The van der Waals surface area contributed by atoms with E-state index in [1.54, 1.807) is 65.6 Å². The molecule has 0 spiro atoms. The number of halogens is 1. The quantitative estimate of drug-likeness (QED) is 0.728. The number of rotatable bonds is 6. The summed E-state index contributed by atoms with van der Waals surface area (Å²) < 4.78 is 12.4. The molecule has 7 heteroatoms. The number of benzene rings is 2. The first-order chi connectivity index (χ1) is 12.2. The van der Waals surface area contributed by atoms with Gasteiger partial charge in [-0.25, -0.2) is 4.68 Å². The van der Waals surface area contributed by atoms with Gasteiger partial charge in [0.1, 0.15) is 11.5 Å². The normalized spacial score (nSPS) is 10.3. The molecule has 0 aliphatic rings. The van der Waals surface area contributed by atoms with Crippen LogP contribution in [-0.2, 0) is 6.73 Å². The molecule has 0 saturated heterocycles. The highest BCUT2D eigenvalue weighted by molar-refractivity contribution is 6.30. The van der Waals surface area contributed by atoms with Gasteiger partial charge in [-0.15, -0.1) is 0 Å². The third-order valence-electron chi connectivity index (χ3n) is 3.40. The molecule has 0 aliphatic heterocycles. The Morgan fingerprint density at radius 3 is 2.88 bits per heavy atom. The number of methoxy groups -OCH3 is 1. The van der Waals surface area contributed by atoms with Gasteiger partial charge in [-0.1, -0.05) is 29.8 Å². The molecule has 1 heterocycles. The van der Waals surface area contributed by atoms with Gasteiger partial charge in [0.05, 0.1) is 30.8 Å². The Morgan fingerprint density at radius 1 is 1.24 bits per heavy atom. The van der Waals surface area contributed by atoms with Crippen molar-refractivity contribution in [3.05, 3.63) is 71.5 Å². The minimum atomic E-state index is -0.271. The maximum absolute atomic E-state index is 12.3. The van der Waals surface area contributed by atoms with Crippen LogP contribution in [-0.4, -0.2) is 22.8 Å². The Bertz CT molecular complexity index is 879. The first-order valence-corrected chi connectivity index (χ1v) is 7.88. The zero-order valence-corrected chi connectivity index (χ0v) is 14.2. The van der Waals surface area contributed by atoms with Crippen LogP contribution in [0.3, 0.4) is 0 Å². The lowest BCUT2D eigenvalue weighted by atomic mass is 10.2. The van der Waals surface area contributed by atoms with Crippen LogP contribution < -0.4 is 14.8 Å². The van der Waals surface area contributed by atoms with Gasteiger partial charge in [0, 0.05) is 5.02 Å². The number of anilines is 1. The van der Waals surface area contributed by atoms with Gasteiger partial charge in [0.25, 0.3) is 5.91 Å². The molecule has 0 fully saturated rings. The lowest BCUT2D eigenvalue weighted by Gasteiger charge is -2.08. The second kappa shape index (κ2) is 7.72. The standard InChI is InChI=1S/C18H16ClN3O3/c1-24-17-8-3-2-7-16(17)18(23)21-14-10-20-22(11-14)12-25-15-6-4-5-13(19)9-15/h2-11H,12H2,1H3,(H,21,23). The molecule has 0 unspecified atom stereocenters. The molecule has 1 amide bonds. The minimum Gasteiger partial charge on any atom is -0.496 e. The fourth-order valence-electron chi connectivity index (χ4n) is 2.23. The highest BCUT2D eigenvalue weighted by Gasteiger charge is 2.12. The van der Waals surface area contributed by atoms with Gasteiger partial charge in [-0.3, -0.25) is 4.79 Å². The van der Waals surface area contributed by atoms with Crippen LogP contribution in [0, 0.1) is 0 Å². The number of carbonyl (C=O) groups excluding carboxylic acids is 1. The van der Waals surface area contributed by atoms with Gasteiger partial charge >= 0.3 is 0 Å². The van der Waals surface area contributed by atoms with Crippen molar-refractivity contribution in [2.45, 2.75) is 6.73 Å². The number of carbonyl (C=O) groups is 1. The van der Waals surface area contributed by atoms with Crippen molar-refractivity contribution in [1.82, 2.24) is 9.78 Å². The average Bonchev–Trinajstić information content (AvgIpc) is 3.07. The van der Waals surface area contributed by atoms with Crippen LogP contribution in [0.2, 0.25) is 5.02 Å². The zero-order chi connectivity index (χ0) is 17.6. The maximum atomic E-state index is 12.3. The summed E-state index contributed by atoms with van der Waals surface area (Å²) in [5.74, 6) is 0.882. The number of nitrogens with zero attached hydrogens (tertiary/aromatic N) is 2. The lowest BCUT2D eigenvalue weighted by Crippen LogP contribution is -2.12. The van der Waals surface area contributed by atoms with E-state index in [1.165, 1.54) is 7.11 Å². The van der Waals surface area contributed by atoms with Crippen LogP contribution in [0.15, 0.2) is 60.9 Å². The van der Waals surface area contributed by atoms with E-state index in [-0.39, 0.29) is 12.6 Å². The van der Waals surface area contributed by atoms with E-state index in [2.05, 4.69) is 10.4 Å². The Kier molecular flexibility index (Phi) is 5.20. The van der Waals surface area contributed by atoms with Gasteiger partial charge < -0.3 is 14.8 Å². The van der Waals surface area contributed by atoms with Crippen molar-refractivity contribution < 1.29 is 14.3 Å². The summed E-state index contributed by atoms with van der Waals surface area (Å²) in [5, 5.41) is 7.54. The second-order valence-corrected chi connectivity index (χ2v) is 5.59.